The number of hydroxylamine groups is 1. The second-order valence-corrected chi connectivity index (χ2v) is 13.6. The lowest BCUT2D eigenvalue weighted by Gasteiger charge is -2.18. The summed E-state index contributed by atoms with van der Waals surface area (Å²) in [5.74, 6) is -4.65. The highest BCUT2D eigenvalue weighted by molar-refractivity contribution is 7.92. The van der Waals surface area contributed by atoms with Gasteiger partial charge in [0.1, 0.15) is 30.1 Å². The summed E-state index contributed by atoms with van der Waals surface area (Å²) in [5.41, 5.74) is 0.117. The molecule has 0 aliphatic heterocycles. The van der Waals surface area contributed by atoms with Crippen molar-refractivity contribution in [3.8, 4) is 16.9 Å². The lowest BCUT2D eigenvalue weighted by atomic mass is 10.1. The summed E-state index contributed by atoms with van der Waals surface area (Å²) >= 11 is 0. The Morgan fingerprint density at radius 3 is 2.31 bits per heavy atom. The van der Waals surface area contributed by atoms with Crippen LogP contribution in [0.5, 0.6) is 0 Å². The van der Waals surface area contributed by atoms with Crippen LogP contribution in [0.1, 0.15) is 21.7 Å². The van der Waals surface area contributed by atoms with Crippen LogP contribution in [-0.2, 0) is 39.6 Å². The summed E-state index contributed by atoms with van der Waals surface area (Å²) in [6.07, 6.45) is 6.72. The minimum absolute atomic E-state index is 0.0510. The molecule has 0 fully saturated rings. The minimum Gasteiger partial charge on any atom is -0.377 e. The first kappa shape index (κ1) is 38.0. The molecule has 4 heterocycles. The summed E-state index contributed by atoms with van der Waals surface area (Å²) < 4.78 is 65.5. The van der Waals surface area contributed by atoms with Crippen LogP contribution in [0.25, 0.3) is 27.8 Å². The molecule has 6 rings (SSSR count). The van der Waals surface area contributed by atoms with Crippen molar-refractivity contribution in [2.24, 2.45) is 7.05 Å². The van der Waals surface area contributed by atoms with Crippen molar-refractivity contribution in [3.05, 3.63) is 135 Å². The standard InChI is InChI=1S/C35H29F2N9O8S/c1-45-29-17-38-10-9-23(29)34(49)46(35(45)50)31-8-3-19(14-41-31)11-28(33(48)43-51)42-32(47)24-12-26(37)27(13-25(24)36)44-55(52,53)22-6-4-20(5-7-22)21-15-39-30(18-54-2)40-16-21/h3-10,12-17,28,44,51H,11,18H2,1-2H3,(H,42,47)(H,43,48)/t28-/m0/s1. The van der Waals surface area contributed by atoms with E-state index in [1.165, 1.54) is 97.7 Å². The average Bonchev–Trinajstić information content (AvgIpc) is 3.18. The van der Waals surface area contributed by atoms with Crippen molar-refractivity contribution in [3.63, 3.8) is 0 Å². The van der Waals surface area contributed by atoms with Crippen LogP contribution >= 0.6 is 0 Å². The van der Waals surface area contributed by atoms with E-state index in [4.69, 9.17) is 4.74 Å². The van der Waals surface area contributed by atoms with Gasteiger partial charge in [-0.25, -0.2) is 47.0 Å². The smallest absolute Gasteiger partial charge is 0.337 e. The van der Waals surface area contributed by atoms with E-state index in [-0.39, 0.29) is 34.7 Å². The number of sulfonamides is 1. The Balaban J connectivity index is 1.16. The number of nitrogens with zero attached hydrogens (tertiary/aromatic N) is 6. The summed E-state index contributed by atoms with van der Waals surface area (Å²) in [4.78, 5) is 67.8. The fourth-order valence-corrected chi connectivity index (χ4v) is 6.52. The van der Waals surface area contributed by atoms with Crippen LogP contribution in [0.3, 0.4) is 0 Å². The maximum Gasteiger partial charge on any atom is 0.337 e. The first-order valence-electron chi connectivity index (χ1n) is 16.0. The lowest BCUT2D eigenvalue weighted by Crippen LogP contribution is -2.47. The molecule has 282 valence electrons. The number of amides is 2. The Hall–Kier alpha value is -6.77. The first-order valence-corrected chi connectivity index (χ1v) is 17.5. The number of methoxy groups -OCH3 is 1. The lowest BCUT2D eigenvalue weighted by molar-refractivity contribution is -0.131. The van der Waals surface area contributed by atoms with Gasteiger partial charge in [-0.2, -0.15) is 0 Å². The highest BCUT2D eigenvalue weighted by atomic mass is 32.2. The third-order valence-electron chi connectivity index (χ3n) is 8.31. The molecular weight excluding hydrogens is 745 g/mol. The molecular formula is C35H29F2N9O8S. The van der Waals surface area contributed by atoms with Crippen LogP contribution in [0.4, 0.5) is 14.5 Å². The van der Waals surface area contributed by atoms with Gasteiger partial charge in [0.25, 0.3) is 27.4 Å². The van der Waals surface area contributed by atoms with E-state index in [0.717, 1.165) is 4.57 Å². The number of pyridine rings is 2. The number of aryl methyl sites for hydroxylation is 1. The number of aromatic nitrogens is 6. The van der Waals surface area contributed by atoms with E-state index < -0.39 is 62.0 Å². The predicted octanol–water partition coefficient (Wildman–Crippen LogP) is 2.01. The number of halogens is 2. The molecule has 0 aliphatic rings. The Morgan fingerprint density at radius 1 is 0.927 bits per heavy atom. The van der Waals surface area contributed by atoms with E-state index in [1.54, 1.807) is 0 Å². The predicted molar refractivity (Wildman–Crippen MR) is 191 cm³/mol. The highest BCUT2D eigenvalue weighted by Crippen LogP contribution is 2.25. The number of anilines is 1. The maximum atomic E-state index is 15.2. The second kappa shape index (κ2) is 15.7. The van der Waals surface area contributed by atoms with Crippen molar-refractivity contribution in [1.29, 1.82) is 0 Å². The molecule has 0 bridgehead atoms. The number of rotatable bonds is 12. The van der Waals surface area contributed by atoms with Crippen molar-refractivity contribution in [2.45, 2.75) is 24.0 Å². The average molecular weight is 774 g/mol. The summed E-state index contributed by atoms with van der Waals surface area (Å²) in [7, 11) is -1.48. The van der Waals surface area contributed by atoms with E-state index in [1.807, 2.05) is 4.72 Å². The minimum atomic E-state index is -4.44. The molecule has 0 aliphatic carbocycles. The molecule has 55 heavy (non-hydrogen) atoms. The van der Waals surface area contributed by atoms with Gasteiger partial charge in [0.15, 0.2) is 5.82 Å². The summed E-state index contributed by atoms with van der Waals surface area (Å²) in [5, 5.41) is 11.7. The molecule has 0 unspecified atom stereocenters. The van der Waals surface area contributed by atoms with Crippen LogP contribution in [-0.4, -0.2) is 67.7 Å². The number of carbonyl (C=O) groups is 2. The fourth-order valence-electron chi connectivity index (χ4n) is 5.46. The van der Waals surface area contributed by atoms with Gasteiger partial charge in [-0.15, -0.1) is 0 Å². The maximum absolute atomic E-state index is 15.2. The molecule has 6 aromatic rings. The third kappa shape index (κ3) is 7.95. The Kier molecular flexibility index (Phi) is 10.8. The molecule has 0 saturated heterocycles. The van der Waals surface area contributed by atoms with Gasteiger partial charge >= 0.3 is 5.69 Å². The Morgan fingerprint density at radius 2 is 1.65 bits per heavy atom. The van der Waals surface area contributed by atoms with E-state index >= 15 is 8.78 Å². The van der Waals surface area contributed by atoms with Gasteiger partial charge in [0.05, 0.1) is 33.2 Å². The molecule has 1 atom stereocenters. The molecule has 4 aromatic heterocycles. The van der Waals surface area contributed by atoms with E-state index in [0.29, 0.717) is 34.6 Å². The molecule has 17 nitrogen and oxygen atoms in total. The highest BCUT2D eigenvalue weighted by Gasteiger charge is 2.26. The zero-order valence-corrected chi connectivity index (χ0v) is 29.5. The molecule has 20 heteroatoms. The van der Waals surface area contributed by atoms with Crippen LogP contribution in [0.15, 0.2) is 100 Å². The topological polar surface area (TPSA) is 229 Å². The number of carbonyl (C=O) groups excluding carboxylic acids is 2. The van der Waals surface area contributed by atoms with Gasteiger partial charge in [0, 0.05) is 57.0 Å². The summed E-state index contributed by atoms with van der Waals surface area (Å²) in [6.45, 7) is 0.213. The van der Waals surface area contributed by atoms with Gasteiger partial charge in [-0.1, -0.05) is 18.2 Å². The molecule has 0 saturated carbocycles. The number of benzene rings is 2. The SMILES string of the molecule is COCc1ncc(-c2ccc(S(=O)(=O)Nc3cc(F)c(C(=O)N[C@@H](Cc4ccc(-n5c(=O)c6ccncc6n(C)c5=O)nc4)C(=O)NO)cc3F)cc2)cn1. The number of ether oxygens (including phenoxy) is 1. The molecule has 0 spiro atoms. The van der Waals surface area contributed by atoms with Crippen LogP contribution < -0.4 is 26.8 Å². The van der Waals surface area contributed by atoms with Crippen molar-refractivity contribution in [2.75, 3.05) is 11.8 Å². The van der Waals surface area contributed by atoms with Gasteiger partial charge in [-0.3, -0.25) is 33.9 Å². The van der Waals surface area contributed by atoms with Crippen LogP contribution in [0.2, 0.25) is 0 Å². The first-order chi connectivity index (χ1) is 26.3. The van der Waals surface area contributed by atoms with Gasteiger partial charge < -0.3 is 10.1 Å². The number of hydrogen-bond acceptors (Lipinski definition) is 12. The largest absolute Gasteiger partial charge is 0.377 e. The quantitative estimate of drug-likeness (QED) is 0.103. The zero-order chi connectivity index (χ0) is 39.4. The monoisotopic (exact) mass is 773 g/mol. The summed E-state index contributed by atoms with van der Waals surface area (Å²) in [6, 6.07) is 8.96. The molecule has 2 amide bonds. The Labute approximate surface area is 309 Å². The normalized spacial score (nSPS) is 11.9. The fraction of sp³-hybridized carbons (Fsp3) is 0.143. The van der Waals surface area contributed by atoms with Gasteiger partial charge in [-0.05, 0) is 41.5 Å². The van der Waals surface area contributed by atoms with Gasteiger partial charge in [0.2, 0.25) is 0 Å². The van der Waals surface area contributed by atoms with Crippen LogP contribution in [0, 0.1) is 11.6 Å². The number of fused-ring (bicyclic) bond motifs is 1. The zero-order valence-electron chi connectivity index (χ0n) is 28.7. The number of nitrogens with one attached hydrogen (secondary N) is 3. The number of hydrogen-bond donors (Lipinski definition) is 4. The molecule has 4 N–H and O–H groups in total. The second-order valence-electron chi connectivity index (χ2n) is 11.9. The van der Waals surface area contributed by atoms with E-state index in [2.05, 4.69) is 25.3 Å². The van der Waals surface area contributed by atoms with Crippen molar-refractivity contribution in [1.82, 2.24) is 39.9 Å². The third-order valence-corrected chi connectivity index (χ3v) is 9.69. The Bertz CT molecular complexity index is 2660. The van der Waals surface area contributed by atoms with E-state index in [9.17, 15) is 32.8 Å². The molecule has 2 aromatic carbocycles. The molecule has 0 radical (unpaired) electrons. The van der Waals surface area contributed by atoms with Crippen molar-refractivity contribution < 1.29 is 36.7 Å². The van der Waals surface area contributed by atoms with Crippen molar-refractivity contribution >= 4 is 38.4 Å².